The van der Waals surface area contributed by atoms with Gasteiger partial charge in [0, 0.05) is 23.4 Å². The summed E-state index contributed by atoms with van der Waals surface area (Å²) in [5, 5.41) is 23.1. The van der Waals surface area contributed by atoms with Gasteiger partial charge in [-0.25, -0.2) is 14.0 Å². The van der Waals surface area contributed by atoms with Crippen molar-refractivity contribution in [3.05, 3.63) is 82.1 Å². The average molecular weight is 740 g/mol. The molecule has 0 unspecified atom stereocenters. The summed E-state index contributed by atoms with van der Waals surface area (Å²) in [5.74, 6) is -4.69. The van der Waals surface area contributed by atoms with Crippen molar-refractivity contribution in [1.82, 2.24) is 25.3 Å². The van der Waals surface area contributed by atoms with Crippen LogP contribution in [0.4, 0.5) is 33.7 Å². The van der Waals surface area contributed by atoms with Gasteiger partial charge in [0.2, 0.25) is 5.91 Å². The molecule has 3 amide bonds. The van der Waals surface area contributed by atoms with Crippen molar-refractivity contribution in [2.45, 2.75) is 38.4 Å². The number of hydrogen-bond acceptors (Lipinski definition) is 8. The van der Waals surface area contributed by atoms with Crippen molar-refractivity contribution in [3.8, 4) is 16.8 Å². The van der Waals surface area contributed by atoms with E-state index in [0.717, 1.165) is 10.2 Å². The highest BCUT2D eigenvalue weighted by atomic mass is 35.5. The van der Waals surface area contributed by atoms with Crippen LogP contribution in [-0.2, 0) is 14.3 Å². The van der Waals surface area contributed by atoms with E-state index >= 15 is 0 Å². The van der Waals surface area contributed by atoms with Crippen LogP contribution < -0.4 is 16.0 Å². The van der Waals surface area contributed by atoms with Gasteiger partial charge in [0.15, 0.2) is 16.7 Å². The van der Waals surface area contributed by atoms with E-state index in [0.29, 0.717) is 41.9 Å². The number of alkyl halides is 3. The second-order valence-electron chi connectivity index (χ2n) is 10.7. The lowest BCUT2D eigenvalue weighted by molar-refractivity contribution is -0.192. The first kappa shape index (κ1) is 37.5. The smallest absolute Gasteiger partial charge is 0.475 e. The van der Waals surface area contributed by atoms with E-state index in [4.69, 9.17) is 33.1 Å². The first-order valence-electron chi connectivity index (χ1n) is 14.5. The van der Waals surface area contributed by atoms with Crippen LogP contribution in [0.2, 0.25) is 10.2 Å². The summed E-state index contributed by atoms with van der Waals surface area (Å²) in [5.41, 5.74) is 2.64. The van der Waals surface area contributed by atoms with E-state index in [9.17, 15) is 31.9 Å². The van der Waals surface area contributed by atoms with Crippen LogP contribution in [0.15, 0.2) is 54.7 Å². The van der Waals surface area contributed by atoms with Crippen LogP contribution in [0.1, 0.15) is 48.4 Å². The highest BCUT2D eigenvalue weighted by Crippen LogP contribution is 2.34. The number of carbonyl (C=O) groups is 4. The lowest BCUT2D eigenvalue weighted by Crippen LogP contribution is -2.30. The molecule has 13 nitrogen and oxygen atoms in total. The molecule has 4 N–H and O–H groups in total. The van der Waals surface area contributed by atoms with Gasteiger partial charge >= 0.3 is 18.2 Å². The molecule has 1 aliphatic heterocycles. The van der Waals surface area contributed by atoms with Gasteiger partial charge in [-0.1, -0.05) is 53.9 Å². The average Bonchev–Trinajstić information content (AvgIpc) is 3.45. The van der Waals surface area contributed by atoms with Gasteiger partial charge in [-0.3, -0.25) is 19.9 Å². The molecule has 4 aromatic rings. The fourth-order valence-electron chi connectivity index (χ4n) is 4.71. The minimum Gasteiger partial charge on any atom is -0.475 e. The molecule has 0 spiro atoms. The summed E-state index contributed by atoms with van der Waals surface area (Å²) in [6.07, 6.45) is -2.55. The molecule has 5 rings (SSSR count). The largest absolute Gasteiger partial charge is 0.490 e. The SMILES string of the molecule is COC(=O)Nc1ccc2c(c1)NC(=O)[C@H](C)CCC[C@H](NC(=O)c1nnn(-c3cccc(Cl)c3F)c1Cl)c1cc-2ccn1.O=C(O)C(F)(F)F. The first-order valence-corrected chi connectivity index (χ1v) is 15.3. The molecule has 50 heavy (non-hydrogen) atoms. The maximum absolute atomic E-state index is 14.6. The van der Waals surface area contributed by atoms with Crippen molar-refractivity contribution in [3.63, 3.8) is 0 Å². The molecule has 2 atom stereocenters. The minimum absolute atomic E-state index is 0.0553. The number of fused-ring (bicyclic) bond motifs is 4. The number of carboxylic acid groups (broad SMARTS) is 1. The Labute approximate surface area is 290 Å². The van der Waals surface area contributed by atoms with E-state index in [1.165, 1.54) is 25.3 Å². The van der Waals surface area contributed by atoms with Gasteiger partial charge in [0.05, 0.1) is 29.6 Å². The van der Waals surface area contributed by atoms with Crippen LogP contribution in [0, 0.1) is 11.7 Å². The minimum atomic E-state index is -5.08. The van der Waals surface area contributed by atoms with Crippen LogP contribution in [0.25, 0.3) is 16.8 Å². The topological polar surface area (TPSA) is 177 Å². The monoisotopic (exact) mass is 739 g/mol. The fraction of sp³-hybridized carbons (Fsp3) is 0.258. The van der Waals surface area contributed by atoms with E-state index in [1.807, 2.05) is 13.0 Å². The third-order valence-electron chi connectivity index (χ3n) is 7.27. The molecule has 0 saturated heterocycles. The molecule has 0 aliphatic carbocycles. The lowest BCUT2D eigenvalue weighted by atomic mass is 9.95. The predicted molar refractivity (Wildman–Crippen MR) is 173 cm³/mol. The molecule has 19 heteroatoms. The van der Waals surface area contributed by atoms with Gasteiger partial charge in [-0.2, -0.15) is 17.9 Å². The Bertz CT molecular complexity index is 1920. The number of aromatic nitrogens is 4. The summed E-state index contributed by atoms with van der Waals surface area (Å²) in [4.78, 5) is 51.7. The number of aliphatic carboxylic acids is 1. The number of benzene rings is 2. The number of nitrogens with zero attached hydrogens (tertiary/aromatic N) is 4. The zero-order valence-corrected chi connectivity index (χ0v) is 27.5. The van der Waals surface area contributed by atoms with Crippen molar-refractivity contribution in [2.24, 2.45) is 5.92 Å². The number of nitrogens with one attached hydrogen (secondary N) is 3. The van der Waals surface area contributed by atoms with Crippen LogP contribution in [-0.4, -0.2) is 62.2 Å². The number of amides is 3. The zero-order chi connectivity index (χ0) is 36.7. The highest BCUT2D eigenvalue weighted by Gasteiger charge is 2.38. The van der Waals surface area contributed by atoms with Gasteiger partial charge in [-0.15, -0.1) is 5.10 Å². The number of pyridine rings is 1. The Balaban J connectivity index is 0.000000727. The molecule has 2 aromatic carbocycles. The molecule has 264 valence electrons. The second-order valence-corrected chi connectivity index (χ2v) is 11.5. The molecular weight excluding hydrogens is 713 g/mol. The van der Waals surface area contributed by atoms with Gasteiger partial charge in [0.1, 0.15) is 5.69 Å². The van der Waals surface area contributed by atoms with Gasteiger partial charge < -0.3 is 20.5 Å². The summed E-state index contributed by atoms with van der Waals surface area (Å²) in [6, 6.07) is 12.4. The summed E-state index contributed by atoms with van der Waals surface area (Å²) in [6.45, 7) is 1.81. The van der Waals surface area contributed by atoms with Crippen molar-refractivity contribution < 1.29 is 46.6 Å². The first-order chi connectivity index (χ1) is 23.6. The van der Waals surface area contributed by atoms with Gasteiger partial charge in [0.25, 0.3) is 5.91 Å². The third-order valence-corrected chi connectivity index (χ3v) is 7.90. The maximum Gasteiger partial charge on any atom is 0.490 e. The number of anilines is 2. The summed E-state index contributed by atoms with van der Waals surface area (Å²) >= 11 is 12.3. The highest BCUT2D eigenvalue weighted by molar-refractivity contribution is 6.33. The third kappa shape index (κ3) is 9.03. The van der Waals surface area contributed by atoms with Crippen LogP contribution >= 0.6 is 23.2 Å². The molecule has 0 radical (unpaired) electrons. The lowest BCUT2D eigenvalue weighted by Gasteiger charge is -2.22. The Morgan fingerprint density at radius 1 is 1.10 bits per heavy atom. The maximum atomic E-state index is 14.6. The number of carbonyl (C=O) groups excluding carboxylic acids is 3. The second kappa shape index (κ2) is 15.9. The standard InChI is InChI=1S/C29H26Cl2FN7O4.C2HF3O2/c1-15-5-3-7-20(35-28(41)25-26(31)39(38-37-25)23-8-4-6-19(30)24(23)32)22-13-16(11-12-33-22)18-10-9-17(34-29(42)43-2)14-21(18)36-27(15)40;3-2(4,5)1(6)7/h4,6,8-15,20H,3,5,7H2,1-2H3,(H,34,42)(H,35,41)(H,36,40);(H,6,7)/t15-,20+;/m1./s1. The van der Waals surface area contributed by atoms with Crippen LogP contribution in [0.5, 0.6) is 0 Å². The number of ether oxygens (including phenoxy) is 1. The Morgan fingerprint density at radius 3 is 2.50 bits per heavy atom. The molecule has 1 aliphatic rings. The number of hydrogen-bond donors (Lipinski definition) is 4. The number of methoxy groups -OCH3 is 1. The number of halogens is 6. The van der Waals surface area contributed by atoms with Crippen molar-refractivity contribution in [1.29, 1.82) is 0 Å². The Hall–Kier alpha value is -5.29. The van der Waals surface area contributed by atoms with Crippen LogP contribution in [0.3, 0.4) is 0 Å². The summed E-state index contributed by atoms with van der Waals surface area (Å²) in [7, 11) is 1.26. The quantitative estimate of drug-likeness (QED) is 0.164. The number of carboxylic acids is 1. The van der Waals surface area contributed by atoms with Crippen molar-refractivity contribution in [2.75, 3.05) is 17.7 Å². The Kier molecular flexibility index (Phi) is 12.0. The van der Waals surface area contributed by atoms with E-state index in [2.05, 4.69) is 36.0 Å². The molecular formula is C31H27Cl2F4N7O6. The summed E-state index contributed by atoms with van der Waals surface area (Å²) < 4.78 is 52.0. The van der Waals surface area contributed by atoms with E-state index in [-0.39, 0.29) is 33.4 Å². The molecule has 2 aromatic heterocycles. The van der Waals surface area contributed by atoms with Crippen molar-refractivity contribution >= 4 is 58.5 Å². The molecule has 3 heterocycles. The molecule has 2 bridgehead atoms. The number of rotatable bonds is 4. The normalized spacial score (nSPS) is 15.9. The zero-order valence-electron chi connectivity index (χ0n) is 26.0. The molecule has 0 fully saturated rings. The molecule has 0 saturated carbocycles. The Morgan fingerprint density at radius 2 is 1.82 bits per heavy atom. The van der Waals surface area contributed by atoms with E-state index in [1.54, 1.807) is 30.5 Å². The van der Waals surface area contributed by atoms with Gasteiger partial charge in [-0.05, 0) is 54.8 Å². The van der Waals surface area contributed by atoms with E-state index < -0.39 is 36.0 Å². The fourth-order valence-corrected chi connectivity index (χ4v) is 5.13. The predicted octanol–water partition coefficient (Wildman–Crippen LogP) is 6.82.